The molecule has 1 aromatic carbocycles. The van der Waals surface area contributed by atoms with Crippen molar-refractivity contribution in [3.05, 3.63) is 23.3 Å². The van der Waals surface area contributed by atoms with Crippen molar-refractivity contribution in [2.45, 2.75) is 18.7 Å². The zero-order valence-corrected chi connectivity index (χ0v) is 8.72. The van der Waals surface area contributed by atoms with Crippen LogP contribution in [0.3, 0.4) is 0 Å². The molecule has 0 bridgehead atoms. The second kappa shape index (κ2) is 2.57. The van der Waals surface area contributed by atoms with E-state index < -0.39 is 10.0 Å². The Balaban J connectivity index is 2.91. The number of nitrogens with zero attached hydrogens (tertiary/aromatic N) is 1. The van der Waals surface area contributed by atoms with E-state index in [0.717, 1.165) is 5.56 Å². The molecule has 0 aromatic heterocycles. The van der Waals surface area contributed by atoms with Crippen LogP contribution in [-0.2, 0) is 10.0 Å². The molecule has 0 amide bonds. The SMILES string of the molecule is CC1=NS(=O)(=O)c2ccc(N)c(C)c21. The van der Waals surface area contributed by atoms with E-state index in [0.29, 0.717) is 17.0 Å². The van der Waals surface area contributed by atoms with Crippen LogP contribution in [0.2, 0.25) is 0 Å². The fourth-order valence-electron chi connectivity index (χ4n) is 1.64. The third-order valence-electron chi connectivity index (χ3n) is 2.37. The molecular weight excluding hydrogens is 200 g/mol. The van der Waals surface area contributed by atoms with E-state index >= 15 is 0 Å². The van der Waals surface area contributed by atoms with E-state index in [1.165, 1.54) is 6.07 Å². The van der Waals surface area contributed by atoms with Crippen LogP contribution in [0.4, 0.5) is 5.69 Å². The first-order valence-corrected chi connectivity index (χ1v) is 5.58. The second-order valence-corrected chi connectivity index (χ2v) is 4.88. The highest BCUT2D eigenvalue weighted by molar-refractivity contribution is 7.90. The molecule has 2 N–H and O–H groups in total. The van der Waals surface area contributed by atoms with Crippen LogP contribution in [0.1, 0.15) is 18.1 Å². The summed E-state index contributed by atoms with van der Waals surface area (Å²) >= 11 is 0. The van der Waals surface area contributed by atoms with Gasteiger partial charge in [-0.15, -0.1) is 0 Å². The first kappa shape index (κ1) is 9.21. The predicted octanol–water partition coefficient (Wildman–Crippen LogP) is 1.09. The van der Waals surface area contributed by atoms with E-state index in [9.17, 15) is 8.42 Å². The molecule has 1 aliphatic heterocycles. The summed E-state index contributed by atoms with van der Waals surface area (Å²) < 4.78 is 26.6. The highest BCUT2D eigenvalue weighted by atomic mass is 32.2. The number of anilines is 1. The third-order valence-corrected chi connectivity index (χ3v) is 3.78. The molecular formula is C9H10N2O2S. The molecule has 0 saturated heterocycles. The van der Waals surface area contributed by atoms with Gasteiger partial charge in [0, 0.05) is 11.3 Å². The summed E-state index contributed by atoms with van der Waals surface area (Å²) in [6.07, 6.45) is 0. The molecule has 14 heavy (non-hydrogen) atoms. The van der Waals surface area contributed by atoms with Gasteiger partial charge in [-0.25, -0.2) is 0 Å². The molecule has 0 saturated carbocycles. The molecule has 5 heteroatoms. The van der Waals surface area contributed by atoms with Crippen molar-refractivity contribution >= 4 is 21.4 Å². The maximum absolute atomic E-state index is 11.5. The van der Waals surface area contributed by atoms with Gasteiger partial charge in [-0.2, -0.15) is 12.8 Å². The van der Waals surface area contributed by atoms with Crippen molar-refractivity contribution in [2.75, 3.05) is 5.73 Å². The average molecular weight is 210 g/mol. The number of nitrogen functional groups attached to an aromatic ring is 1. The summed E-state index contributed by atoms with van der Waals surface area (Å²) in [6, 6.07) is 3.10. The zero-order chi connectivity index (χ0) is 10.5. The van der Waals surface area contributed by atoms with Crippen LogP contribution < -0.4 is 5.73 Å². The first-order chi connectivity index (χ1) is 6.43. The molecule has 0 fully saturated rings. The minimum atomic E-state index is -3.46. The van der Waals surface area contributed by atoms with Crippen LogP contribution in [0, 0.1) is 6.92 Å². The second-order valence-electron chi connectivity index (χ2n) is 3.30. The largest absolute Gasteiger partial charge is 0.398 e. The van der Waals surface area contributed by atoms with Crippen LogP contribution in [-0.4, -0.2) is 14.1 Å². The Morgan fingerprint density at radius 3 is 2.57 bits per heavy atom. The van der Waals surface area contributed by atoms with Crippen molar-refractivity contribution in [1.82, 2.24) is 0 Å². The van der Waals surface area contributed by atoms with Gasteiger partial charge in [-0.3, -0.25) is 0 Å². The van der Waals surface area contributed by atoms with E-state index in [1.54, 1.807) is 19.9 Å². The van der Waals surface area contributed by atoms with Crippen molar-refractivity contribution in [1.29, 1.82) is 0 Å². The van der Waals surface area contributed by atoms with Crippen molar-refractivity contribution in [3.8, 4) is 0 Å². The maximum Gasteiger partial charge on any atom is 0.283 e. The van der Waals surface area contributed by atoms with Gasteiger partial charge in [-0.05, 0) is 31.5 Å². The molecule has 2 rings (SSSR count). The highest BCUT2D eigenvalue weighted by Crippen LogP contribution is 2.31. The van der Waals surface area contributed by atoms with Gasteiger partial charge in [-0.1, -0.05) is 0 Å². The average Bonchev–Trinajstić information content (AvgIpc) is 2.29. The lowest BCUT2D eigenvalue weighted by Gasteiger charge is -2.05. The summed E-state index contributed by atoms with van der Waals surface area (Å²) in [5.74, 6) is 0. The Hall–Kier alpha value is -1.36. The Kier molecular flexibility index (Phi) is 1.69. The zero-order valence-electron chi connectivity index (χ0n) is 7.90. The van der Waals surface area contributed by atoms with Gasteiger partial charge in [0.05, 0.1) is 10.6 Å². The lowest BCUT2D eigenvalue weighted by molar-refractivity contribution is 0.599. The summed E-state index contributed by atoms with van der Waals surface area (Å²) in [5, 5.41) is 0. The van der Waals surface area contributed by atoms with Crippen molar-refractivity contribution in [3.63, 3.8) is 0 Å². The summed E-state index contributed by atoms with van der Waals surface area (Å²) in [7, 11) is -3.46. The summed E-state index contributed by atoms with van der Waals surface area (Å²) in [4.78, 5) is 0.265. The Morgan fingerprint density at radius 2 is 1.93 bits per heavy atom. The monoisotopic (exact) mass is 210 g/mol. The fraction of sp³-hybridized carbons (Fsp3) is 0.222. The minimum Gasteiger partial charge on any atom is -0.398 e. The Bertz CT molecular complexity index is 544. The van der Waals surface area contributed by atoms with Gasteiger partial charge in [0.25, 0.3) is 10.0 Å². The predicted molar refractivity (Wildman–Crippen MR) is 55.0 cm³/mol. The molecule has 0 radical (unpaired) electrons. The van der Waals surface area contributed by atoms with Crippen molar-refractivity contribution < 1.29 is 8.42 Å². The minimum absolute atomic E-state index is 0.265. The van der Waals surface area contributed by atoms with E-state index in [2.05, 4.69) is 4.40 Å². The van der Waals surface area contributed by atoms with Crippen LogP contribution in [0.15, 0.2) is 21.4 Å². The molecule has 1 aliphatic rings. The topological polar surface area (TPSA) is 72.5 Å². The molecule has 1 aromatic rings. The van der Waals surface area contributed by atoms with Crippen LogP contribution in [0.25, 0.3) is 0 Å². The standard InChI is InChI=1S/C9H10N2O2S/c1-5-7(10)3-4-8-9(5)6(2)11-14(8,12)13/h3-4H,10H2,1-2H3. The maximum atomic E-state index is 11.5. The number of nitrogens with two attached hydrogens (primary N) is 1. The normalized spacial score (nSPS) is 17.7. The van der Waals surface area contributed by atoms with Gasteiger partial charge in [0.2, 0.25) is 0 Å². The molecule has 0 atom stereocenters. The molecule has 74 valence electrons. The van der Waals surface area contributed by atoms with Crippen molar-refractivity contribution in [2.24, 2.45) is 4.40 Å². The molecule has 4 nitrogen and oxygen atoms in total. The molecule has 0 spiro atoms. The van der Waals surface area contributed by atoms with Gasteiger partial charge < -0.3 is 5.73 Å². The number of hydrogen-bond donors (Lipinski definition) is 1. The Morgan fingerprint density at radius 1 is 1.29 bits per heavy atom. The van der Waals surface area contributed by atoms with Gasteiger partial charge in [0.15, 0.2) is 0 Å². The quantitative estimate of drug-likeness (QED) is 0.651. The smallest absolute Gasteiger partial charge is 0.283 e. The number of rotatable bonds is 0. The molecule has 0 unspecified atom stereocenters. The fourth-order valence-corrected chi connectivity index (χ4v) is 2.99. The summed E-state index contributed by atoms with van der Waals surface area (Å²) in [5.41, 5.74) is 8.24. The number of fused-ring (bicyclic) bond motifs is 1. The lowest BCUT2D eigenvalue weighted by Crippen LogP contribution is -2.01. The van der Waals surface area contributed by atoms with E-state index in [1.807, 2.05) is 0 Å². The number of benzene rings is 1. The van der Waals surface area contributed by atoms with Gasteiger partial charge in [0.1, 0.15) is 0 Å². The van der Waals surface area contributed by atoms with Gasteiger partial charge >= 0.3 is 0 Å². The molecule has 1 heterocycles. The summed E-state index contributed by atoms with van der Waals surface area (Å²) in [6.45, 7) is 3.48. The lowest BCUT2D eigenvalue weighted by atomic mass is 10.0. The van der Waals surface area contributed by atoms with Crippen LogP contribution in [0.5, 0.6) is 0 Å². The van der Waals surface area contributed by atoms with Crippen LogP contribution >= 0.6 is 0 Å². The Labute approximate surface area is 82.5 Å². The van der Waals surface area contributed by atoms with E-state index in [-0.39, 0.29) is 4.90 Å². The molecule has 0 aliphatic carbocycles. The van der Waals surface area contributed by atoms with E-state index in [4.69, 9.17) is 5.73 Å². The highest BCUT2D eigenvalue weighted by Gasteiger charge is 2.28. The first-order valence-electron chi connectivity index (χ1n) is 4.14. The third kappa shape index (κ3) is 1.05. The number of hydrogen-bond acceptors (Lipinski definition) is 3. The number of sulfonamides is 1.